The molecule has 0 saturated carbocycles. The van der Waals surface area contributed by atoms with E-state index in [0.29, 0.717) is 0 Å². The quantitative estimate of drug-likeness (QED) is 0.599. The molecule has 5 heteroatoms. The van der Waals surface area contributed by atoms with Crippen molar-refractivity contribution in [1.29, 1.82) is 0 Å². The first kappa shape index (κ1) is 14.2. The third kappa shape index (κ3) is 3.42. The molecule has 2 rings (SSSR count). The van der Waals surface area contributed by atoms with Gasteiger partial charge < -0.3 is 15.5 Å². The Balaban J connectivity index is 1.97. The maximum absolute atomic E-state index is 11.9. The van der Waals surface area contributed by atoms with Crippen molar-refractivity contribution in [2.45, 2.75) is 5.38 Å². The van der Waals surface area contributed by atoms with Gasteiger partial charge in [0.25, 0.3) is 5.91 Å². The van der Waals surface area contributed by atoms with Crippen LogP contribution in [0.25, 0.3) is 0 Å². The Morgan fingerprint density at radius 2 is 1.80 bits per heavy atom. The van der Waals surface area contributed by atoms with Gasteiger partial charge in [0.05, 0.1) is 5.38 Å². The van der Waals surface area contributed by atoms with Crippen LogP contribution in [0.3, 0.4) is 0 Å². The number of hydrogen-bond donors (Lipinski definition) is 3. The van der Waals surface area contributed by atoms with Crippen LogP contribution in [0.15, 0.2) is 48.5 Å². The van der Waals surface area contributed by atoms with Crippen LogP contribution in [0.2, 0.25) is 0 Å². The fraction of sp³-hybridized carbons (Fsp3) is 0.133. The van der Waals surface area contributed by atoms with E-state index >= 15 is 0 Å². The van der Waals surface area contributed by atoms with Crippen LogP contribution >= 0.6 is 11.6 Å². The van der Waals surface area contributed by atoms with Crippen molar-refractivity contribution < 1.29 is 15.0 Å². The highest BCUT2D eigenvalue weighted by Crippen LogP contribution is 2.25. The van der Waals surface area contributed by atoms with Crippen LogP contribution in [0.4, 0.5) is 0 Å². The lowest BCUT2D eigenvalue weighted by atomic mass is 10.1. The van der Waals surface area contributed by atoms with Gasteiger partial charge in [0.2, 0.25) is 0 Å². The van der Waals surface area contributed by atoms with Gasteiger partial charge in [-0.1, -0.05) is 30.3 Å². The number of halogens is 1. The Morgan fingerprint density at radius 1 is 1.10 bits per heavy atom. The monoisotopic (exact) mass is 291 g/mol. The summed E-state index contributed by atoms with van der Waals surface area (Å²) >= 11 is 6.19. The molecule has 0 heterocycles. The van der Waals surface area contributed by atoms with Gasteiger partial charge in [0.15, 0.2) is 11.5 Å². The van der Waals surface area contributed by atoms with Crippen LogP contribution in [-0.4, -0.2) is 22.7 Å². The van der Waals surface area contributed by atoms with Gasteiger partial charge in [-0.2, -0.15) is 0 Å². The zero-order valence-corrected chi connectivity index (χ0v) is 11.3. The lowest BCUT2D eigenvalue weighted by Crippen LogP contribution is -2.26. The number of rotatable bonds is 4. The van der Waals surface area contributed by atoms with Crippen molar-refractivity contribution in [3.05, 3.63) is 59.7 Å². The normalized spacial score (nSPS) is 11.8. The number of benzene rings is 2. The first-order valence-corrected chi connectivity index (χ1v) is 6.51. The summed E-state index contributed by atoms with van der Waals surface area (Å²) in [6.45, 7) is 0.270. The smallest absolute Gasteiger partial charge is 0.251 e. The van der Waals surface area contributed by atoms with E-state index in [4.69, 9.17) is 11.6 Å². The molecule has 1 atom stereocenters. The Hall–Kier alpha value is -2.20. The number of phenols is 2. The van der Waals surface area contributed by atoms with E-state index in [1.807, 2.05) is 30.3 Å². The van der Waals surface area contributed by atoms with Crippen molar-refractivity contribution in [2.75, 3.05) is 6.54 Å². The SMILES string of the molecule is O=C(NCC(Cl)c1ccccc1)c1ccc(O)c(O)c1. The van der Waals surface area contributed by atoms with E-state index < -0.39 is 0 Å². The molecule has 1 amide bonds. The molecule has 20 heavy (non-hydrogen) atoms. The number of aromatic hydroxyl groups is 2. The minimum absolute atomic E-state index is 0.261. The summed E-state index contributed by atoms with van der Waals surface area (Å²) in [6.07, 6.45) is 0. The maximum atomic E-state index is 11.9. The molecule has 0 aromatic heterocycles. The molecule has 2 aromatic rings. The first-order valence-electron chi connectivity index (χ1n) is 6.07. The average molecular weight is 292 g/mol. The van der Waals surface area contributed by atoms with Crippen LogP contribution in [0.5, 0.6) is 11.5 Å². The fourth-order valence-corrected chi connectivity index (χ4v) is 1.95. The predicted molar refractivity (Wildman–Crippen MR) is 77.1 cm³/mol. The molecule has 0 aliphatic carbocycles. The lowest BCUT2D eigenvalue weighted by Gasteiger charge is -2.11. The standard InChI is InChI=1S/C15H14ClNO3/c16-12(10-4-2-1-3-5-10)9-17-15(20)11-6-7-13(18)14(19)8-11/h1-8,12,18-19H,9H2,(H,17,20). The van der Waals surface area contributed by atoms with Crippen LogP contribution in [0, 0.1) is 0 Å². The molecular weight excluding hydrogens is 278 g/mol. The Bertz CT molecular complexity index is 601. The second-order valence-electron chi connectivity index (χ2n) is 4.29. The van der Waals surface area contributed by atoms with E-state index in [-0.39, 0.29) is 34.9 Å². The second kappa shape index (κ2) is 6.30. The summed E-state index contributed by atoms with van der Waals surface area (Å²) in [6, 6.07) is 13.3. The Labute approximate surface area is 121 Å². The maximum Gasteiger partial charge on any atom is 0.251 e. The van der Waals surface area contributed by atoms with Crippen molar-refractivity contribution in [2.24, 2.45) is 0 Å². The van der Waals surface area contributed by atoms with Crippen molar-refractivity contribution in [3.63, 3.8) is 0 Å². The summed E-state index contributed by atoms with van der Waals surface area (Å²) in [5.74, 6) is -0.953. The zero-order chi connectivity index (χ0) is 14.5. The molecule has 0 fully saturated rings. The number of phenolic OH excluding ortho intramolecular Hbond substituents is 2. The van der Waals surface area contributed by atoms with Crippen molar-refractivity contribution in [3.8, 4) is 11.5 Å². The minimum Gasteiger partial charge on any atom is -0.504 e. The number of nitrogens with one attached hydrogen (secondary N) is 1. The van der Waals surface area contributed by atoms with E-state index in [1.54, 1.807) is 0 Å². The topological polar surface area (TPSA) is 69.6 Å². The van der Waals surface area contributed by atoms with Gasteiger partial charge in [-0.15, -0.1) is 11.6 Å². The number of carbonyl (C=O) groups excluding carboxylic acids is 1. The number of carbonyl (C=O) groups is 1. The molecule has 0 aliphatic rings. The molecule has 2 aromatic carbocycles. The third-order valence-electron chi connectivity index (χ3n) is 2.84. The Kier molecular flexibility index (Phi) is 4.48. The second-order valence-corrected chi connectivity index (χ2v) is 4.82. The number of hydrogen-bond acceptors (Lipinski definition) is 3. The van der Waals surface area contributed by atoms with Gasteiger partial charge in [-0.05, 0) is 23.8 Å². The minimum atomic E-state index is -0.359. The molecule has 0 radical (unpaired) electrons. The average Bonchev–Trinajstić information content (AvgIpc) is 2.48. The van der Waals surface area contributed by atoms with Crippen LogP contribution in [0.1, 0.15) is 21.3 Å². The molecule has 1 unspecified atom stereocenters. The molecule has 104 valence electrons. The van der Waals surface area contributed by atoms with Gasteiger partial charge >= 0.3 is 0 Å². The largest absolute Gasteiger partial charge is 0.504 e. The van der Waals surface area contributed by atoms with E-state index in [9.17, 15) is 15.0 Å². The highest BCUT2D eigenvalue weighted by atomic mass is 35.5. The first-order chi connectivity index (χ1) is 9.58. The van der Waals surface area contributed by atoms with Crippen molar-refractivity contribution >= 4 is 17.5 Å². The van der Waals surface area contributed by atoms with E-state index in [0.717, 1.165) is 5.56 Å². The molecule has 0 spiro atoms. The fourth-order valence-electron chi connectivity index (χ4n) is 1.73. The molecule has 0 aliphatic heterocycles. The highest BCUT2D eigenvalue weighted by molar-refractivity contribution is 6.21. The van der Waals surface area contributed by atoms with Gasteiger partial charge in [0.1, 0.15) is 0 Å². The molecule has 4 nitrogen and oxygen atoms in total. The summed E-state index contributed by atoms with van der Waals surface area (Å²) in [5.41, 5.74) is 1.18. The van der Waals surface area contributed by atoms with Gasteiger partial charge in [-0.3, -0.25) is 4.79 Å². The molecular formula is C15H14ClNO3. The van der Waals surface area contributed by atoms with Crippen molar-refractivity contribution in [1.82, 2.24) is 5.32 Å². The summed E-state index contributed by atoms with van der Waals surface area (Å²) in [5, 5.41) is 20.9. The molecule has 0 saturated heterocycles. The number of amides is 1. The van der Waals surface area contributed by atoms with E-state index in [1.165, 1.54) is 18.2 Å². The lowest BCUT2D eigenvalue weighted by molar-refractivity contribution is 0.0953. The van der Waals surface area contributed by atoms with Crippen LogP contribution < -0.4 is 5.32 Å². The molecule has 0 bridgehead atoms. The summed E-state index contributed by atoms with van der Waals surface area (Å²) < 4.78 is 0. The predicted octanol–water partition coefficient (Wildman–Crippen LogP) is 2.81. The molecule has 3 N–H and O–H groups in total. The zero-order valence-electron chi connectivity index (χ0n) is 10.6. The highest BCUT2D eigenvalue weighted by Gasteiger charge is 2.12. The summed E-state index contributed by atoms with van der Waals surface area (Å²) in [4.78, 5) is 11.9. The number of alkyl halides is 1. The third-order valence-corrected chi connectivity index (χ3v) is 3.25. The Morgan fingerprint density at radius 3 is 2.45 bits per heavy atom. The van der Waals surface area contributed by atoms with Gasteiger partial charge in [-0.25, -0.2) is 0 Å². The van der Waals surface area contributed by atoms with Gasteiger partial charge in [0, 0.05) is 12.1 Å². The van der Waals surface area contributed by atoms with Crippen LogP contribution in [-0.2, 0) is 0 Å². The summed E-state index contributed by atoms with van der Waals surface area (Å²) in [7, 11) is 0. The van der Waals surface area contributed by atoms with E-state index in [2.05, 4.69) is 5.32 Å².